The average molecular weight is 243 g/mol. The minimum atomic E-state index is -0.872. The van der Waals surface area contributed by atoms with Crippen LogP contribution in [-0.4, -0.2) is 18.2 Å². The van der Waals surface area contributed by atoms with E-state index < -0.39 is 11.9 Å². The van der Waals surface area contributed by atoms with E-state index >= 15 is 0 Å². The molecule has 1 N–H and O–H groups in total. The fraction of sp³-hybridized carbons (Fsp3) is 0.417. The number of carbonyl (C=O) groups is 1. The molecule has 0 aliphatic heterocycles. The Morgan fingerprint density at radius 1 is 1.50 bits per heavy atom. The number of aliphatic carboxylic acids is 1. The van der Waals surface area contributed by atoms with Gasteiger partial charge in [0.15, 0.2) is 0 Å². The summed E-state index contributed by atoms with van der Waals surface area (Å²) in [4.78, 5) is 11.0. The summed E-state index contributed by atoms with van der Waals surface area (Å²) < 4.78 is 5.26. The van der Waals surface area contributed by atoms with Crippen LogP contribution < -0.4 is 4.74 Å². The van der Waals surface area contributed by atoms with E-state index in [0.29, 0.717) is 16.3 Å². The lowest BCUT2D eigenvalue weighted by Gasteiger charge is -2.18. The van der Waals surface area contributed by atoms with Gasteiger partial charge in [0.1, 0.15) is 5.75 Å². The summed E-state index contributed by atoms with van der Waals surface area (Å²) >= 11 is 6.03. The van der Waals surface area contributed by atoms with Crippen molar-refractivity contribution in [2.45, 2.75) is 26.7 Å². The van der Waals surface area contributed by atoms with Crippen molar-refractivity contribution >= 4 is 17.6 Å². The maximum atomic E-state index is 11.0. The fourth-order valence-corrected chi connectivity index (χ4v) is 2.04. The molecule has 16 heavy (non-hydrogen) atoms. The molecular weight excluding hydrogens is 228 g/mol. The summed E-state index contributed by atoms with van der Waals surface area (Å²) in [7, 11) is 1.52. The molecule has 1 unspecified atom stereocenters. The Bertz CT molecular complexity index is 427. The topological polar surface area (TPSA) is 46.5 Å². The zero-order valence-electron chi connectivity index (χ0n) is 9.80. The Labute approximate surface area is 100.0 Å². The second kappa shape index (κ2) is 4.74. The molecule has 1 rings (SSSR count). The Balaban J connectivity index is 3.48. The van der Waals surface area contributed by atoms with E-state index in [1.54, 1.807) is 13.0 Å². The van der Waals surface area contributed by atoms with Crippen LogP contribution in [0.4, 0.5) is 0 Å². The molecule has 0 aliphatic rings. The Kier molecular flexibility index (Phi) is 3.81. The van der Waals surface area contributed by atoms with Crippen LogP contribution in [0.3, 0.4) is 0 Å². The summed E-state index contributed by atoms with van der Waals surface area (Å²) in [5, 5.41) is 9.64. The molecule has 0 fully saturated rings. The van der Waals surface area contributed by atoms with Gasteiger partial charge < -0.3 is 9.84 Å². The predicted molar refractivity (Wildman–Crippen MR) is 63.5 cm³/mol. The summed E-state index contributed by atoms with van der Waals surface area (Å²) in [6, 6.07) is 1.77. The number of ether oxygens (including phenoxy) is 1. The van der Waals surface area contributed by atoms with Crippen molar-refractivity contribution in [1.29, 1.82) is 0 Å². The first kappa shape index (κ1) is 12.8. The SMILES string of the molecule is COc1c(C)c(Cl)cc(C)c1C(C)C(=O)O. The highest BCUT2D eigenvalue weighted by molar-refractivity contribution is 6.31. The van der Waals surface area contributed by atoms with Crippen LogP contribution in [0.15, 0.2) is 6.07 Å². The normalized spacial score (nSPS) is 12.3. The molecule has 1 atom stereocenters. The minimum absolute atomic E-state index is 0.569. The molecule has 0 saturated heterocycles. The molecule has 1 aromatic rings. The van der Waals surface area contributed by atoms with Crippen LogP contribution in [0, 0.1) is 13.8 Å². The quantitative estimate of drug-likeness (QED) is 0.886. The molecule has 88 valence electrons. The number of hydrogen-bond donors (Lipinski definition) is 1. The Morgan fingerprint density at radius 2 is 2.06 bits per heavy atom. The summed E-state index contributed by atoms with van der Waals surface area (Å²) in [6.45, 7) is 5.29. The van der Waals surface area contributed by atoms with Crippen molar-refractivity contribution in [3.05, 3.63) is 27.8 Å². The molecule has 0 saturated carbocycles. The average Bonchev–Trinajstić information content (AvgIpc) is 2.21. The first-order chi connectivity index (χ1) is 7.40. The van der Waals surface area contributed by atoms with Crippen LogP contribution >= 0.6 is 11.6 Å². The number of carboxylic acid groups (broad SMARTS) is 1. The van der Waals surface area contributed by atoms with Gasteiger partial charge in [-0.15, -0.1) is 0 Å². The lowest BCUT2D eigenvalue weighted by Crippen LogP contribution is -2.11. The number of carboxylic acids is 1. The van der Waals surface area contributed by atoms with Gasteiger partial charge in [0.25, 0.3) is 0 Å². The van der Waals surface area contributed by atoms with E-state index in [-0.39, 0.29) is 0 Å². The van der Waals surface area contributed by atoms with Gasteiger partial charge in [-0.3, -0.25) is 4.79 Å². The molecule has 4 heteroatoms. The first-order valence-electron chi connectivity index (χ1n) is 4.96. The van der Waals surface area contributed by atoms with E-state index in [4.69, 9.17) is 21.4 Å². The van der Waals surface area contributed by atoms with Crippen molar-refractivity contribution < 1.29 is 14.6 Å². The highest BCUT2D eigenvalue weighted by atomic mass is 35.5. The van der Waals surface area contributed by atoms with Gasteiger partial charge in [0, 0.05) is 16.1 Å². The summed E-state index contributed by atoms with van der Waals surface area (Å²) in [5.74, 6) is -0.908. The third kappa shape index (κ3) is 2.14. The van der Waals surface area contributed by atoms with E-state index in [9.17, 15) is 4.79 Å². The Hall–Kier alpha value is -1.22. The molecule has 0 aliphatic carbocycles. The summed E-state index contributed by atoms with van der Waals surface area (Å²) in [6.07, 6.45) is 0. The monoisotopic (exact) mass is 242 g/mol. The standard InChI is InChI=1S/C12H15ClO3/c1-6-5-9(13)7(2)11(16-4)10(6)8(3)12(14)15/h5,8H,1-4H3,(H,14,15). The summed E-state index contributed by atoms with van der Waals surface area (Å²) in [5.41, 5.74) is 2.30. The van der Waals surface area contributed by atoms with Crippen molar-refractivity contribution in [3.8, 4) is 5.75 Å². The van der Waals surface area contributed by atoms with E-state index in [2.05, 4.69) is 0 Å². The van der Waals surface area contributed by atoms with Crippen molar-refractivity contribution in [2.75, 3.05) is 7.11 Å². The number of rotatable bonds is 3. The van der Waals surface area contributed by atoms with Gasteiger partial charge in [0.05, 0.1) is 13.0 Å². The van der Waals surface area contributed by atoms with Crippen LogP contribution in [0.2, 0.25) is 5.02 Å². The van der Waals surface area contributed by atoms with E-state index in [0.717, 1.165) is 11.1 Å². The van der Waals surface area contributed by atoms with E-state index in [1.165, 1.54) is 7.11 Å². The number of hydrogen-bond acceptors (Lipinski definition) is 2. The molecule has 0 spiro atoms. The van der Waals surface area contributed by atoms with Crippen LogP contribution in [0.5, 0.6) is 5.75 Å². The molecule has 3 nitrogen and oxygen atoms in total. The zero-order valence-corrected chi connectivity index (χ0v) is 10.6. The third-order valence-electron chi connectivity index (χ3n) is 2.72. The highest BCUT2D eigenvalue weighted by Gasteiger charge is 2.23. The lowest BCUT2D eigenvalue weighted by molar-refractivity contribution is -0.138. The largest absolute Gasteiger partial charge is 0.496 e. The molecule has 0 bridgehead atoms. The van der Waals surface area contributed by atoms with Gasteiger partial charge in [-0.2, -0.15) is 0 Å². The molecule has 1 aromatic carbocycles. The van der Waals surface area contributed by atoms with Gasteiger partial charge in [-0.05, 0) is 32.4 Å². The molecule has 0 radical (unpaired) electrons. The second-order valence-corrected chi connectivity index (χ2v) is 4.21. The van der Waals surface area contributed by atoms with Gasteiger partial charge >= 0.3 is 5.97 Å². The van der Waals surface area contributed by atoms with Crippen molar-refractivity contribution in [1.82, 2.24) is 0 Å². The minimum Gasteiger partial charge on any atom is -0.496 e. The van der Waals surface area contributed by atoms with E-state index in [1.807, 2.05) is 13.8 Å². The lowest BCUT2D eigenvalue weighted by atomic mass is 9.93. The van der Waals surface area contributed by atoms with Crippen LogP contribution in [-0.2, 0) is 4.79 Å². The van der Waals surface area contributed by atoms with Gasteiger partial charge in [-0.25, -0.2) is 0 Å². The number of benzene rings is 1. The molecule has 0 amide bonds. The first-order valence-corrected chi connectivity index (χ1v) is 5.34. The van der Waals surface area contributed by atoms with Crippen LogP contribution in [0.1, 0.15) is 29.5 Å². The Morgan fingerprint density at radius 3 is 2.50 bits per heavy atom. The number of aryl methyl sites for hydroxylation is 1. The molecule has 0 heterocycles. The fourth-order valence-electron chi connectivity index (χ4n) is 1.79. The molecule has 0 aromatic heterocycles. The number of halogens is 1. The smallest absolute Gasteiger partial charge is 0.310 e. The molecular formula is C12H15ClO3. The third-order valence-corrected chi connectivity index (χ3v) is 3.11. The van der Waals surface area contributed by atoms with Gasteiger partial charge in [-0.1, -0.05) is 11.6 Å². The maximum absolute atomic E-state index is 11.0. The number of methoxy groups -OCH3 is 1. The van der Waals surface area contributed by atoms with Crippen molar-refractivity contribution in [2.24, 2.45) is 0 Å². The predicted octanol–water partition coefficient (Wildman–Crippen LogP) is 3.15. The zero-order chi connectivity index (χ0) is 12.5. The van der Waals surface area contributed by atoms with Crippen LogP contribution in [0.25, 0.3) is 0 Å². The maximum Gasteiger partial charge on any atom is 0.310 e. The second-order valence-electron chi connectivity index (χ2n) is 3.81. The highest BCUT2D eigenvalue weighted by Crippen LogP contribution is 2.37. The van der Waals surface area contributed by atoms with Gasteiger partial charge in [0.2, 0.25) is 0 Å². The van der Waals surface area contributed by atoms with Crippen molar-refractivity contribution in [3.63, 3.8) is 0 Å².